The molecule has 0 fully saturated rings. The van der Waals surface area contributed by atoms with E-state index in [2.05, 4.69) is 20.5 Å². The van der Waals surface area contributed by atoms with Crippen LogP contribution in [0.2, 0.25) is 0 Å². The molecular formula is C17H14N4O4. The fourth-order valence-electron chi connectivity index (χ4n) is 2.49. The van der Waals surface area contributed by atoms with E-state index in [4.69, 9.17) is 5.11 Å². The SMILES string of the molecule is O=C(O)C(=O)C(=C(O)c1ccccn1)[C@H]1CC(c2ccccn2)=NN1. The fourth-order valence-corrected chi connectivity index (χ4v) is 2.49. The zero-order valence-electron chi connectivity index (χ0n) is 13.0. The summed E-state index contributed by atoms with van der Waals surface area (Å²) in [6, 6.07) is 9.27. The summed E-state index contributed by atoms with van der Waals surface area (Å²) in [6.45, 7) is 0. The van der Waals surface area contributed by atoms with Gasteiger partial charge in [-0.25, -0.2) is 4.79 Å². The molecule has 126 valence electrons. The number of ketones is 1. The molecule has 3 N–H and O–H groups in total. The van der Waals surface area contributed by atoms with Crippen molar-refractivity contribution in [2.45, 2.75) is 12.5 Å². The Morgan fingerprint density at radius 1 is 1.04 bits per heavy atom. The Bertz CT molecular complexity index is 863. The van der Waals surface area contributed by atoms with Gasteiger partial charge in [0.1, 0.15) is 5.69 Å². The van der Waals surface area contributed by atoms with E-state index in [1.165, 1.54) is 12.3 Å². The van der Waals surface area contributed by atoms with E-state index in [1.54, 1.807) is 36.5 Å². The van der Waals surface area contributed by atoms with Crippen molar-refractivity contribution in [3.63, 3.8) is 0 Å². The van der Waals surface area contributed by atoms with E-state index in [-0.39, 0.29) is 17.7 Å². The van der Waals surface area contributed by atoms with Crippen molar-refractivity contribution in [2.24, 2.45) is 5.10 Å². The van der Waals surface area contributed by atoms with Crippen LogP contribution in [0.5, 0.6) is 0 Å². The van der Waals surface area contributed by atoms with Gasteiger partial charge in [0.25, 0.3) is 5.78 Å². The normalized spacial score (nSPS) is 17.3. The smallest absolute Gasteiger partial charge is 0.377 e. The summed E-state index contributed by atoms with van der Waals surface area (Å²) in [5.74, 6) is -3.35. The number of carboxylic acid groups (broad SMARTS) is 1. The lowest BCUT2D eigenvalue weighted by Gasteiger charge is -2.14. The molecule has 8 nitrogen and oxygen atoms in total. The number of carboxylic acids is 1. The lowest BCUT2D eigenvalue weighted by atomic mass is 9.95. The van der Waals surface area contributed by atoms with Crippen molar-refractivity contribution in [3.8, 4) is 0 Å². The molecule has 2 aromatic rings. The number of nitrogens with one attached hydrogen (secondary N) is 1. The Kier molecular flexibility index (Phi) is 4.51. The summed E-state index contributed by atoms with van der Waals surface area (Å²) in [4.78, 5) is 31.5. The summed E-state index contributed by atoms with van der Waals surface area (Å²) in [6.07, 6.45) is 3.25. The van der Waals surface area contributed by atoms with Gasteiger partial charge in [0.2, 0.25) is 0 Å². The lowest BCUT2D eigenvalue weighted by molar-refractivity contribution is -0.147. The Morgan fingerprint density at radius 2 is 1.76 bits per heavy atom. The number of aromatic nitrogens is 2. The van der Waals surface area contributed by atoms with E-state index in [1.807, 2.05) is 0 Å². The number of aliphatic hydroxyl groups is 1. The third-order valence-electron chi connectivity index (χ3n) is 3.66. The highest BCUT2D eigenvalue weighted by molar-refractivity contribution is 6.41. The van der Waals surface area contributed by atoms with Crippen molar-refractivity contribution in [3.05, 3.63) is 65.8 Å². The van der Waals surface area contributed by atoms with Crippen molar-refractivity contribution < 1.29 is 19.8 Å². The summed E-state index contributed by atoms with van der Waals surface area (Å²) < 4.78 is 0. The number of carbonyl (C=O) groups is 2. The number of Topliss-reactive ketones (excluding diaryl/α,β-unsaturated/α-hetero) is 1. The summed E-state index contributed by atoms with van der Waals surface area (Å²) in [5, 5.41) is 23.7. The number of aliphatic hydroxyl groups excluding tert-OH is 1. The third-order valence-corrected chi connectivity index (χ3v) is 3.66. The molecule has 0 saturated heterocycles. The number of hydrogen-bond acceptors (Lipinski definition) is 7. The molecule has 0 saturated carbocycles. The molecule has 3 heterocycles. The van der Waals surface area contributed by atoms with E-state index < -0.39 is 23.6 Å². The molecule has 0 unspecified atom stereocenters. The molecule has 0 aromatic carbocycles. The number of rotatable bonds is 5. The Hall–Kier alpha value is -3.55. The molecule has 8 heteroatoms. The van der Waals surface area contributed by atoms with Crippen molar-refractivity contribution in [1.82, 2.24) is 15.4 Å². The van der Waals surface area contributed by atoms with Gasteiger partial charge in [-0.2, -0.15) is 5.10 Å². The van der Waals surface area contributed by atoms with Crippen LogP contribution in [0.3, 0.4) is 0 Å². The van der Waals surface area contributed by atoms with Gasteiger partial charge in [-0.1, -0.05) is 12.1 Å². The number of hydrogen-bond donors (Lipinski definition) is 3. The predicted octanol–water partition coefficient (Wildman–Crippen LogP) is 1.17. The fraction of sp³-hybridized carbons (Fsp3) is 0.118. The van der Waals surface area contributed by atoms with Gasteiger partial charge in [-0.05, 0) is 24.3 Å². The van der Waals surface area contributed by atoms with Crippen LogP contribution in [0.15, 0.2) is 59.5 Å². The molecule has 1 aliphatic heterocycles. The number of carbonyl (C=O) groups excluding carboxylic acids is 1. The standard InChI is InChI=1S/C17H14N4O4/c22-15(11-6-2-4-8-19-11)14(16(23)17(24)25)13-9-12(20-21-13)10-5-1-3-7-18-10/h1-8,13,21-22H,9H2,(H,24,25)/t13-/m1/s1. The molecule has 1 atom stereocenters. The number of hydrazone groups is 1. The van der Waals surface area contributed by atoms with Crippen LogP contribution in [0.25, 0.3) is 5.76 Å². The first-order valence-corrected chi connectivity index (χ1v) is 7.43. The van der Waals surface area contributed by atoms with Gasteiger partial charge >= 0.3 is 5.97 Å². The Balaban J connectivity index is 1.95. The predicted molar refractivity (Wildman–Crippen MR) is 88.7 cm³/mol. The minimum absolute atomic E-state index is 0.111. The van der Waals surface area contributed by atoms with Gasteiger partial charge in [0.05, 0.1) is 23.0 Å². The van der Waals surface area contributed by atoms with Crippen LogP contribution in [-0.2, 0) is 9.59 Å². The number of pyridine rings is 2. The quantitative estimate of drug-likeness (QED) is 0.424. The number of nitrogens with zero attached hydrogens (tertiary/aromatic N) is 3. The molecule has 0 aliphatic carbocycles. The molecule has 3 rings (SSSR count). The molecule has 25 heavy (non-hydrogen) atoms. The zero-order chi connectivity index (χ0) is 17.8. The maximum atomic E-state index is 12.1. The Morgan fingerprint density at radius 3 is 2.36 bits per heavy atom. The highest BCUT2D eigenvalue weighted by atomic mass is 16.4. The van der Waals surface area contributed by atoms with Crippen LogP contribution in [0.1, 0.15) is 17.8 Å². The number of aliphatic carboxylic acids is 1. The van der Waals surface area contributed by atoms with Crippen LogP contribution in [0, 0.1) is 0 Å². The topological polar surface area (TPSA) is 125 Å². The molecule has 2 aromatic heterocycles. The summed E-state index contributed by atoms with van der Waals surface area (Å²) in [5.41, 5.74) is 3.70. The summed E-state index contributed by atoms with van der Waals surface area (Å²) in [7, 11) is 0. The van der Waals surface area contributed by atoms with Gasteiger partial charge in [0, 0.05) is 18.8 Å². The second-order valence-corrected chi connectivity index (χ2v) is 5.27. The molecular weight excluding hydrogens is 324 g/mol. The molecule has 0 spiro atoms. The van der Waals surface area contributed by atoms with Gasteiger partial charge < -0.3 is 15.6 Å². The van der Waals surface area contributed by atoms with E-state index in [0.29, 0.717) is 11.4 Å². The van der Waals surface area contributed by atoms with Gasteiger partial charge in [-0.15, -0.1) is 0 Å². The van der Waals surface area contributed by atoms with E-state index in [9.17, 15) is 14.7 Å². The average Bonchev–Trinajstić information content (AvgIpc) is 3.13. The largest absolute Gasteiger partial charge is 0.505 e. The lowest BCUT2D eigenvalue weighted by Crippen LogP contribution is -2.32. The first-order valence-electron chi connectivity index (χ1n) is 7.43. The van der Waals surface area contributed by atoms with E-state index in [0.717, 1.165) is 0 Å². The highest BCUT2D eigenvalue weighted by Gasteiger charge is 2.34. The maximum Gasteiger partial charge on any atom is 0.377 e. The van der Waals surface area contributed by atoms with Crippen molar-refractivity contribution in [1.29, 1.82) is 0 Å². The van der Waals surface area contributed by atoms with Crippen molar-refractivity contribution >= 4 is 23.2 Å². The van der Waals surface area contributed by atoms with Gasteiger partial charge in [-0.3, -0.25) is 14.8 Å². The molecule has 1 aliphatic rings. The highest BCUT2D eigenvalue weighted by Crippen LogP contribution is 2.23. The summed E-state index contributed by atoms with van der Waals surface area (Å²) >= 11 is 0. The Labute approximate surface area is 142 Å². The minimum atomic E-state index is -1.66. The average molecular weight is 338 g/mol. The third kappa shape index (κ3) is 3.37. The first kappa shape index (κ1) is 16.3. The van der Waals surface area contributed by atoms with Crippen LogP contribution >= 0.6 is 0 Å². The first-order chi connectivity index (χ1) is 12.1. The van der Waals surface area contributed by atoms with Gasteiger partial charge in [0.15, 0.2) is 5.76 Å². The van der Waals surface area contributed by atoms with Crippen LogP contribution in [0.4, 0.5) is 0 Å². The zero-order valence-corrected chi connectivity index (χ0v) is 13.0. The second kappa shape index (κ2) is 6.91. The molecule has 0 radical (unpaired) electrons. The molecule has 0 amide bonds. The van der Waals surface area contributed by atoms with Crippen LogP contribution < -0.4 is 5.43 Å². The minimum Gasteiger partial charge on any atom is -0.505 e. The second-order valence-electron chi connectivity index (χ2n) is 5.27. The maximum absolute atomic E-state index is 12.1. The monoisotopic (exact) mass is 338 g/mol. The van der Waals surface area contributed by atoms with E-state index >= 15 is 0 Å². The van der Waals surface area contributed by atoms with Crippen molar-refractivity contribution in [2.75, 3.05) is 0 Å². The van der Waals surface area contributed by atoms with Crippen LogP contribution in [-0.4, -0.2) is 43.7 Å². The molecule has 0 bridgehead atoms.